The van der Waals surface area contributed by atoms with E-state index in [4.69, 9.17) is 9.47 Å². The highest BCUT2D eigenvalue weighted by atomic mass is 127. The summed E-state index contributed by atoms with van der Waals surface area (Å²) in [6.45, 7) is 1.83. The zero-order valence-electron chi connectivity index (χ0n) is 15.5. The maximum atomic E-state index is 12.0. The average molecular weight is 511 g/mol. The Balaban J connectivity index is 1.91. The smallest absolute Gasteiger partial charge is 0.344 e. The number of halogens is 1. The number of hydrogen-bond donors (Lipinski definition) is 1. The maximum absolute atomic E-state index is 12.0. The van der Waals surface area contributed by atoms with Gasteiger partial charge < -0.3 is 9.47 Å². The number of hydrazone groups is 1. The Kier molecular flexibility index (Phi) is 8.52. The van der Waals surface area contributed by atoms with Gasteiger partial charge in [-0.05, 0) is 53.3 Å². The van der Waals surface area contributed by atoms with E-state index in [0.717, 1.165) is 3.57 Å². The number of nitro groups is 1. The molecule has 0 saturated heterocycles. The van der Waals surface area contributed by atoms with E-state index in [1.54, 1.807) is 37.3 Å². The number of nitrogens with zero attached hydrogens (tertiary/aromatic N) is 2. The molecule has 2 rings (SSSR count). The van der Waals surface area contributed by atoms with Crippen molar-refractivity contribution in [2.75, 3.05) is 13.2 Å². The topological polar surface area (TPSA) is 120 Å². The van der Waals surface area contributed by atoms with Crippen molar-refractivity contribution >= 4 is 46.4 Å². The van der Waals surface area contributed by atoms with Crippen LogP contribution in [-0.2, 0) is 20.7 Å². The Morgan fingerprint density at radius 1 is 1.28 bits per heavy atom. The molecule has 0 bridgehead atoms. The van der Waals surface area contributed by atoms with Crippen molar-refractivity contribution in [2.45, 2.75) is 13.3 Å². The van der Waals surface area contributed by atoms with Crippen LogP contribution in [-0.4, -0.2) is 36.2 Å². The largest absolute Gasteiger partial charge is 0.481 e. The number of para-hydroxylation sites is 1. The second-order valence-corrected chi connectivity index (χ2v) is 6.80. The number of benzene rings is 2. The van der Waals surface area contributed by atoms with Gasteiger partial charge in [0, 0.05) is 11.6 Å². The summed E-state index contributed by atoms with van der Waals surface area (Å²) in [5.74, 6) is -0.397. The number of esters is 1. The molecule has 1 amide bonds. The maximum Gasteiger partial charge on any atom is 0.344 e. The zero-order valence-corrected chi connectivity index (χ0v) is 17.6. The van der Waals surface area contributed by atoms with Crippen molar-refractivity contribution in [3.05, 3.63) is 67.3 Å². The Labute approximate surface area is 180 Å². The lowest BCUT2D eigenvalue weighted by Crippen LogP contribution is -2.20. The molecule has 0 aliphatic carbocycles. The Morgan fingerprint density at radius 3 is 2.72 bits per heavy atom. The first-order valence-electron chi connectivity index (χ1n) is 8.53. The number of rotatable bonds is 9. The van der Waals surface area contributed by atoms with Crippen LogP contribution in [0.5, 0.6) is 5.75 Å². The predicted molar refractivity (Wildman–Crippen MR) is 114 cm³/mol. The first-order chi connectivity index (χ1) is 13.9. The van der Waals surface area contributed by atoms with Crippen LogP contribution in [0.4, 0.5) is 5.69 Å². The number of amides is 1. The van der Waals surface area contributed by atoms with Gasteiger partial charge in [-0.15, -0.1) is 0 Å². The fourth-order valence-corrected chi connectivity index (χ4v) is 2.98. The summed E-state index contributed by atoms with van der Waals surface area (Å²) in [4.78, 5) is 33.8. The van der Waals surface area contributed by atoms with E-state index in [9.17, 15) is 19.7 Å². The lowest BCUT2D eigenvalue weighted by Gasteiger charge is -2.08. The van der Waals surface area contributed by atoms with Crippen LogP contribution < -0.4 is 10.2 Å². The van der Waals surface area contributed by atoms with E-state index >= 15 is 0 Å². The minimum Gasteiger partial charge on any atom is -0.481 e. The second-order valence-electron chi connectivity index (χ2n) is 5.64. The molecule has 0 spiro atoms. The van der Waals surface area contributed by atoms with Gasteiger partial charge in [-0.2, -0.15) is 5.10 Å². The Hall–Kier alpha value is -3.02. The molecular weight excluding hydrogens is 493 g/mol. The van der Waals surface area contributed by atoms with Gasteiger partial charge in [0.15, 0.2) is 6.61 Å². The quantitative estimate of drug-likeness (QED) is 0.182. The molecule has 0 saturated carbocycles. The zero-order chi connectivity index (χ0) is 21.2. The predicted octanol–water partition coefficient (Wildman–Crippen LogP) is 2.83. The molecule has 0 aliphatic rings. The summed E-state index contributed by atoms with van der Waals surface area (Å²) in [5, 5.41) is 14.9. The van der Waals surface area contributed by atoms with Gasteiger partial charge in [-0.25, -0.2) is 10.2 Å². The van der Waals surface area contributed by atoms with Crippen LogP contribution in [0.3, 0.4) is 0 Å². The first-order valence-corrected chi connectivity index (χ1v) is 9.60. The van der Waals surface area contributed by atoms with Crippen molar-refractivity contribution in [1.29, 1.82) is 0 Å². The highest BCUT2D eigenvalue weighted by Crippen LogP contribution is 2.21. The molecule has 10 heteroatoms. The molecule has 0 heterocycles. The molecule has 0 atom stereocenters. The standard InChI is InChI=1S/C19H18IN3O6/c1-2-28-19(25)12-29-17-8-7-13(9-15(17)20)11-21-22-18(24)10-14-5-3-4-6-16(14)23(26)27/h3-9,11H,2,10,12H2,1H3,(H,22,24)/b21-11+. The van der Waals surface area contributed by atoms with Gasteiger partial charge >= 0.3 is 5.97 Å². The summed E-state index contributed by atoms with van der Waals surface area (Å²) in [5.41, 5.74) is 3.24. The van der Waals surface area contributed by atoms with Crippen molar-refractivity contribution < 1.29 is 24.0 Å². The highest BCUT2D eigenvalue weighted by Gasteiger charge is 2.15. The van der Waals surface area contributed by atoms with Crippen LogP contribution in [0.1, 0.15) is 18.1 Å². The fourth-order valence-electron chi connectivity index (χ4n) is 2.28. The van der Waals surface area contributed by atoms with E-state index in [1.165, 1.54) is 18.3 Å². The fraction of sp³-hybridized carbons (Fsp3) is 0.211. The Bertz CT molecular complexity index is 932. The van der Waals surface area contributed by atoms with E-state index in [0.29, 0.717) is 16.9 Å². The number of nitro benzene ring substituents is 1. The summed E-state index contributed by atoms with van der Waals surface area (Å²) in [6.07, 6.45) is 1.28. The third kappa shape index (κ3) is 7.14. The van der Waals surface area contributed by atoms with Gasteiger partial charge in [0.1, 0.15) is 5.75 Å². The van der Waals surface area contributed by atoms with Crippen molar-refractivity contribution in [3.63, 3.8) is 0 Å². The number of ether oxygens (including phenoxy) is 2. The van der Waals surface area contributed by atoms with Crippen LogP contribution in [0.2, 0.25) is 0 Å². The van der Waals surface area contributed by atoms with Gasteiger partial charge in [-0.1, -0.05) is 18.2 Å². The van der Waals surface area contributed by atoms with Crippen LogP contribution in [0, 0.1) is 13.7 Å². The minimum absolute atomic E-state index is 0.111. The van der Waals surface area contributed by atoms with Crippen molar-refractivity contribution in [1.82, 2.24) is 5.43 Å². The highest BCUT2D eigenvalue weighted by molar-refractivity contribution is 14.1. The van der Waals surface area contributed by atoms with E-state index in [1.807, 2.05) is 0 Å². The summed E-state index contributed by atoms with van der Waals surface area (Å²) in [7, 11) is 0. The Morgan fingerprint density at radius 2 is 2.03 bits per heavy atom. The number of carbonyl (C=O) groups is 2. The molecule has 2 aromatic carbocycles. The third-order valence-electron chi connectivity index (χ3n) is 3.55. The van der Waals surface area contributed by atoms with E-state index in [-0.39, 0.29) is 25.3 Å². The molecule has 1 N–H and O–H groups in total. The second kappa shape index (κ2) is 11.1. The normalized spacial score (nSPS) is 10.6. The average Bonchev–Trinajstić information content (AvgIpc) is 2.68. The molecule has 0 unspecified atom stereocenters. The van der Waals surface area contributed by atoms with Gasteiger partial charge in [-0.3, -0.25) is 14.9 Å². The van der Waals surface area contributed by atoms with Gasteiger partial charge in [0.05, 0.1) is 27.7 Å². The number of carbonyl (C=O) groups excluding carboxylic acids is 2. The monoisotopic (exact) mass is 511 g/mol. The van der Waals surface area contributed by atoms with E-state index in [2.05, 4.69) is 33.1 Å². The third-order valence-corrected chi connectivity index (χ3v) is 4.39. The molecule has 152 valence electrons. The van der Waals surface area contributed by atoms with Crippen LogP contribution in [0.15, 0.2) is 47.6 Å². The van der Waals surface area contributed by atoms with Gasteiger partial charge in [0.2, 0.25) is 5.91 Å². The molecule has 0 aliphatic heterocycles. The summed E-state index contributed by atoms with van der Waals surface area (Å²) in [6, 6.07) is 11.2. The first kappa shape index (κ1) is 22.3. The van der Waals surface area contributed by atoms with Crippen LogP contribution >= 0.6 is 22.6 Å². The molecule has 0 radical (unpaired) electrons. The summed E-state index contributed by atoms with van der Waals surface area (Å²) < 4.78 is 10.9. The van der Waals surface area contributed by atoms with Crippen molar-refractivity contribution in [3.8, 4) is 5.75 Å². The molecule has 2 aromatic rings. The number of hydrogen-bond acceptors (Lipinski definition) is 7. The lowest BCUT2D eigenvalue weighted by molar-refractivity contribution is -0.385. The number of nitrogens with one attached hydrogen (secondary N) is 1. The minimum atomic E-state index is -0.528. The van der Waals surface area contributed by atoms with Crippen LogP contribution in [0.25, 0.3) is 0 Å². The molecular formula is C19H18IN3O6. The van der Waals surface area contributed by atoms with Gasteiger partial charge in [0.25, 0.3) is 5.69 Å². The molecule has 0 aromatic heterocycles. The molecule has 0 fully saturated rings. The van der Waals surface area contributed by atoms with Crippen molar-refractivity contribution in [2.24, 2.45) is 5.10 Å². The lowest BCUT2D eigenvalue weighted by atomic mass is 10.1. The molecule has 9 nitrogen and oxygen atoms in total. The van der Waals surface area contributed by atoms with E-state index < -0.39 is 16.8 Å². The molecule has 29 heavy (non-hydrogen) atoms. The summed E-state index contributed by atoms with van der Waals surface area (Å²) >= 11 is 2.05. The SMILES string of the molecule is CCOC(=O)COc1ccc(/C=N/NC(=O)Cc2ccccc2[N+](=O)[O-])cc1I.